The Morgan fingerprint density at radius 2 is 1.71 bits per heavy atom. The molecule has 9 heteroatoms. The van der Waals surface area contributed by atoms with E-state index in [9.17, 15) is 18.0 Å². The van der Waals surface area contributed by atoms with E-state index < -0.39 is 15.8 Å². The second-order valence-corrected chi connectivity index (χ2v) is 7.79. The fourth-order valence-electron chi connectivity index (χ4n) is 3.06. The van der Waals surface area contributed by atoms with E-state index in [2.05, 4.69) is 15.0 Å². The van der Waals surface area contributed by atoms with E-state index in [1.165, 1.54) is 25.1 Å². The van der Waals surface area contributed by atoms with Crippen LogP contribution in [-0.4, -0.2) is 19.3 Å². The van der Waals surface area contributed by atoms with Crippen LogP contribution in [0.5, 0.6) is 0 Å². The second kappa shape index (κ2) is 6.54. The Morgan fingerprint density at radius 3 is 2.46 bits per heavy atom. The lowest BCUT2D eigenvalue weighted by atomic mass is 10.1. The van der Waals surface area contributed by atoms with Gasteiger partial charge in [0.15, 0.2) is 5.58 Å². The largest absolute Gasteiger partial charge is 0.417 e. The first-order chi connectivity index (χ1) is 13.3. The first-order valence-electron chi connectivity index (χ1n) is 8.29. The molecule has 142 valence electrons. The van der Waals surface area contributed by atoms with Crippen molar-refractivity contribution in [3.05, 3.63) is 65.1 Å². The molecular formula is C19H15N3O5S. The van der Waals surface area contributed by atoms with Gasteiger partial charge in [0.25, 0.3) is 10.0 Å². The van der Waals surface area contributed by atoms with Crippen LogP contribution in [0.25, 0.3) is 21.9 Å². The highest BCUT2D eigenvalue weighted by Crippen LogP contribution is 2.31. The second-order valence-electron chi connectivity index (χ2n) is 6.14. The molecule has 1 heterocycles. The van der Waals surface area contributed by atoms with Gasteiger partial charge in [-0.05, 0) is 24.3 Å². The van der Waals surface area contributed by atoms with E-state index in [4.69, 9.17) is 4.42 Å². The standard InChI is InChI=1S/C19H15N3O5S/c1-11(23)20-14-9-10-17(13-6-3-2-5-12(13)14)28(25,26)22-16-8-4-7-15-18(16)27-19(24)21-15/h2-10,22H,1H3,(H,20,23)(H,21,24). The van der Waals surface area contributed by atoms with E-state index in [0.717, 1.165) is 0 Å². The molecular weight excluding hydrogens is 382 g/mol. The van der Waals surface area contributed by atoms with Crippen LogP contribution < -0.4 is 15.8 Å². The molecule has 0 aliphatic heterocycles. The number of aromatic amines is 1. The monoisotopic (exact) mass is 397 g/mol. The van der Waals surface area contributed by atoms with E-state index in [1.807, 2.05) is 0 Å². The van der Waals surface area contributed by atoms with Crippen molar-refractivity contribution in [1.82, 2.24) is 4.98 Å². The minimum atomic E-state index is -4.01. The SMILES string of the molecule is CC(=O)Nc1ccc(S(=O)(=O)Nc2cccc3[nH]c(=O)oc23)c2ccccc12. The first kappa shape index (κ1) is 17.8. The van der Waals surface area contributed by atoms with Gasteiger partial charge in [-0.2, -0.15) is 0 Å². The number of sulfonamides is 1. The number of hydrogen-bond donors (Lipinski definition) is 3. The average Bonchev–Trinajstić information content (AvgIpc) is 3.02. The fourth-order valence-corrected chi connectivity index (χ4v) is 4.33. The van der Waals surface area contributed by atoms with Gasteiger partial charge in [-0.25, -0.2) is 13.2 Å². The number of amides is 1. The van der Waals surface area contributed by atoms with Crippen LogP contribution >= 0.6 is 0 Å². The molecule has 0 saturated heterocycles. The molecule has 0 fully saturated rings. The van der Waals surface area contributed by atoms with Crippen LogP contribution in [0, 0.1) is 0 Å². The smallest absolute Gasteiger partial charge is 0.406 e. The van der Waals surface area contributed by atoms with Crippen LogP contribution in [-0.2, 0) is 14.8 Å². The zero-order valence-electron chi connectivity index (χ0n) is 14.6. The molecule has 0 atom stereocenters. The number of carbonyl (C=O) groups is 1. The van der Waals surface area contributed by atoms with Crippen molar-refractivity contribution in [3.8, 4) is 0 Å². The molecule has 8 nitrogen and oxygen atoms in total. The molecule has 4 rings (SSSR count). The molecule has 4 aromatic rings. The Morgan fingerprint density at radius 1 is 0.964 bits per heavy atom. The van der Waals surface area contributed by atoms with Gasteiger partial charge in [-0.3, -0.25) is 14.5 Å². The predicted molar refractivity (Wildman–Crippen MR) is 106 cm³/mol. The number of rotatable bonds is 4. The number of oxazole rings is 1. The number of benzene rings is 3. The maximum Gasteiger partial charge on any atom is 0.417 e. The van der Waals surface area contributed by atoms with Crippen molar-refractivity contribution in [2.75, 3.05) is 10.0 Å². The number of carbonyl (C=O) groups excluding carboxylic acids is 1. The molecule has 0 aliphatic rings. The summed E-state index contributed by atoms with van der Waals surface area (Å²) in [5.41, 5.74) is 1.16. The Balaban J connectivity index is 1.84. The third-order valence-corrected chi connectivity index (χ3v) is 5.60. The minimum absolute atomic E-state index is 0.0343. The van der Waals surface area contributed by atoms with Gasteiger partial charge in [-0.1, -0.05) is 30.3 Å². The molecule has 0 unspecified atom stereocenters. The van der Waals surface area contributed by atoms with Crippen molar-refractivity contribution in [3.63, 3.8) is 0 Å². The third kappa shape index (κ3) is 3.12. The molecule has 0 bridgehead atoms. The average molecular weight is 397 g/mol. The van der Waals surface area contributed by atoms with Gasteiger partial charge < -0.3 is 9.73 Å². The van der Waals surface area contributed by atoms with Crippen LogP contribution in [0.2, 0.25) is 0 Å². The van der Waals surface area contributed by atoms with Crippen LogP contribution in [0.4, 0.5) is 11.4 Å². The lowest BCUT2D eigenvalue weighted by Gasteiger charge is -2.13. The highest BCUT2D eigenvalue weighted by atomic mass is 32.2. The molecule has 3 aromatic carbocycles. The lowest BCUT2D eigenvalue weighted by Crippen LogP contribution is -2.14. The number of nitrogens with one attached hydrogen (secondary N) is 3. The molecule has 0 radical (unpaired) electrons. The zero-order valence-corrected chi connectivity index (χ0v) is 15.5. The molecule has 1 aromatic heterocycles. The minimum Gasteiger partial charge on any atom is -0.406 e. The number of aromatic nitrogens is 1. The number of hydrogen-bond acceptors (Lipinski definition) is 5. The summed E-state index contributed by atoms with van der Waals surface area (Å²) in [6.45, 7) is 1.38. The normalized spacial score (nSPS) is 11.6. The number of H-pyrrole nitrogens is 1. The number of para-hydroxylation sites is 1. The summed E-state index contributed by atoms with van der Waals surface area (Å²) in [6.07, 6.45) is 0. The van der Waals surface area contributed by atoms with Crippen molar-refractivity contribution in [1.29, 1.82) is 0 Å². The van der Waals surface area contributed by atoms with Gasteiger partial charge in [0.2, 0.25) is 5.91 Å². The highest BCUT2D eigenvalue weighted by Gasteiger charge is 2.21. The summed E-state index contributed by atoms with van der Waals surface area (Å²) in [4.78, 5) is 25.4. The van der Waals surface area contributed by atoms with E-state index in [0.29, 0.717) is 22.0 Å². The van der Waals surface area contributed by atoms with Gasteiger partial charge in [-0.15, -0.1) is 0 Å². The lowest BCUT2D eigenvalue weighted by molar-refractivity contribution is -0.114. The van der Waals surface area contributed by atoms with Crippen molar-refractivity contribution < 1.29 is 17.6 Å². The first-order valence-corrected chi connectivity index (χ1v) is 9.77. The maximum absolute atomic E-state index is 13.1. The van der Waals surface area contributed by atoms with E-state index >= 15 is 0 Å². The number of anilines is 2. The Kier molecular flexibility index (Phi) is 4.16. The third-order valence-electron chi connectivity index (χ3n) is 4.18. The van der Waals surface area contributed by atoms with E-state index in [-0.39, 0.29) is 22.1 Å². The van der Waals surface area contributed by atoms with Crippen molar-refractivity contribution >= 4 is 49.2 Å². The van der Waals surface area contributed by atoms with E-state index in [1.54, 1.807) is 36.4 Å². The topological polar surface area (TPSA) is 121 Å². The summed E-state index contributed by atoms with van der Waals surface area (Å²) in [5, 5.41) is 3.73. The Labute approximate surface area is 159 Å². The van der Waals surface area contributed by atoms with Crippen LogP contribution in [0.15, 0.2) is 68.7 Å². The van der Waals surface area contributed by atoms with Crippen LogP contribution in [0.1, 0.15) is 6.92 Å². The molecule has 0 aliphatic carbocycles. The number of fused-ring (bicyclic) bond motifs is 2. The summed E-state index contributed by atoms with van der Waals surface area (Å²) in [6, 6.07) is 14.5. The molecule has 1 amide bonds. The maximum atomic E-state index is 13.1. The molecule has 0 spiro atoms. The quantitative estimate of drug-likeness (QED) is 0.489. The predicted octanol–water partition coefficient (Wildman–Crippen LogP) is 3.03. The van der Waals surface area contributed by atoms with Gasteiger partial charge in [0, 0.05) is 23.4 Å². The Hall–Kier alpha value is -3.59. The van der Waals surface area contributed by atoms with Gasteiger partial charge in [0.05, 0.1) is 16.1 Å². The van der Waals surface area contributed by atoms with Crippen molar-refractivity contribution in [2.45, 2.75) is 11.8 Å². The van der Waals surface area contributed by atoms with Crippen LogP contribution in [0.3, 0.4) is 0 Å². The van der Waals surface area contributed by atoms with Gasteiger partial charge in [0.1, 0.15) is 0 Å². The summed E-state index contributed by atoms with van der Waals surface area (Å²) in [5.74, 6) is -0.931. The fraction of sp³-hybridized carbons (Fsp3) is 0.0526. The summed E-state index contributed by atoms with van der Waals surface area (Å²) in [7, 11) is -4.01. The zero-order chi connectivity index (χ0) is 19.9. The molecule has 3 N–H and O–H groups in total. The summed E-state index contributed by atoms with van der Waals surface area (Å²) >= 11 is 0. The van der Waals surface area contributed by atoms with Crippen molar-refractivity contribution in [2.24, 2.45) is 0 Å². The summed E-state index contributed by atoms with van der Waals surface area (Å²) < 4.78 is 33.7. The van der Waals surface area contributed by atoms with Gasteiger partial charge >= 0.3 is 5.76 Å². The highest BCUT2D eigenvalue weighted by molar-refractivity contribution is 7.93. The molecule has 28 heavy (non-hydrogen) atoms. The molecule has 0 saturated carbocycles. The Bertz CT molecular complexity index is 1390.